The number of aryl methyl sites for hydroxylation is 2. The van der Waals surface area contributed by atoms with Crippen LogP contribution in [0.3, 0.4) is 0 Å². The number of rotatable bonds is 7. The van der Waals surface area contributed by atoms with Crippen LogP contribution in [0.25, 0.3) is 0 Å². The van der Waals surface area contributed by atoms with E-state index in [9.17, 15) is 23.3 Å². The lowest BCUT2D eigenvalue weighted by molar-refractivity contribution is -0.385. The number of nitro benzene ring substituents is 1. The Balaban J connectivity index is 1.73. The molecule has 32 heavy (non-hydrogen) atoms. The molecule has 166 valence electrons. The minimum Gasteiger partial charge on any atom is -0.346 e. The molecule has 3 aromatic carbocycles. The molecular formula is C23H23N3O5S. The number of hydrogen-bond donors (Lipinski definition) is 2. The van der Waals surface area contributed by atoms with E-state index in [2.05, 4.69) is 10.0 Å². The van der Waals surface area contributed by atoms with E-state index in [1.807, 2.05) is 38.1 Å². The van der Waals surface area contributed by atoms with Crippen LogP contribution in [-0.4, -0.2) is 19.2 Å². The molecule has 0 aliphatic rings. The zero-order valence-corrected chi connectivity index (χ0v) is 18.6. The molecule has 2 N–H and O–H groups in total. The fourth-order valence-corrected chi connectivity index (χ4v) is 4.37. The Morgan fingerprint density at radius 2 is 1.62 bits per heavy atom. The van der Waals surface area contributed by atoms with Crippen molar-refractivity contribution in [3.63, 3.8) is 0 Å². The van der Waals surface area contributed by atoms with Crippen LogP contribution in [0.4, 0.5) is 11.4 Å². The van der Waals surface area contributed by atoms with Gasteiger partial charge in [0, 0.05) is 22.9 Å². The monoisotopic (exact) mass is 453 g/mol. The van der Waals surface area contributed by atoms with Crippen molar-refractivity contribution in [1.29, 1.82) is 0 Å². The summed E-state index contributed by atoms with van der Waals surface area (Å²) in [6, 6.07) is 17.2. The smallest absolute Gasteiger partial charge is 0.273 e. The molecule has 0 saturated heterocycles. The first kappa shape index (κ1) is 23.0. The Hall–Kier alpha value is -3.72. The second-order valence-electron chi connectivity index (χ2n) is 7.44. The number of amides is 1. The van der Waals surface area contributed by atoms with Gasteiger partial charge in [0.05, 0.1) is 15.9 Å². The van der Waals surface area contributed by atoms with E-state index in [-0.39, 0.29) is 28.2 Å². The maximum atomic E-state index is 12.6. The molecule has 0 heterocycles. The molecule has 8 nitrogen and oxygen atoms in total. The van der Waals surface area contributed by atoms with Crippen LogP contribution >= 0.6 is 0 Å². The van der Waals surface area contributed by atoms with Gasteiger partial charge in [-0.2, -0.15) is 0 Å². The lowest BCUT2D eigenvalue weighted by atomic mass is 10.0. The van der Waals surface area contributed by atoms with Crippen LogP contribution in [-0.2, 0) is 10.0 Å². The normalized spacial score (nSPS) is 12.1. The van der Waals surface area contributed by atoms with Crippen LogP contribution in [0.1, 0.15) is 40.0 Å². The Labute approximate surface area is 186 Å². The number of hydrogen-bond acceptors (Lipinski definition) is 5. The van der Waals surface area contributed by atoms with Gasteiger partial charge >= 0.3 is 0 Å². The Kier molecular flexibility index (Phi) is 6.59. The number of nitrogens with one attached hydrogen (secondary N) is 2. The standard InChI is InChI=1S/C23H23N3O5S/c1-15-6-4-5-7-21(15)17(3)24-23(27)18-9-11-19(12-10-18)25-32(30,31)20-13-8-16(2)22(14-20)26(28)29/h4-14,17,25H,1-3H3,(H,24,27). The number of carbonyl (C=O) groups is 1. The maximum absolute atomic E-state index is 12.6. The highest BCUT2D eigenvalue weighted by atomic mass is 32.2. The fraction of sp³-hybridized carbons (Fsp3) is 0.174. The number of nitrogens with zero attached hydrogens (tertiary/aromatic N) is 1. The number of anilines is 1. The summed E-state index contributed by atoms with van der Waals surface area (Å²) < 4.78 is 27.6. The predicted molar refractivity (Wildman–Crippen MR) is 122 cm³/mol. The van der Waals surface area contributed by atoms with Crippen molar-refractivity contribution in [2.45, 2.75) is 31.7 Å². The molecule has 0 fully saturated rings. The molecule has 0 spiro atoms. The molecule has 0 radical (unpaired) electrons. The number of carbonyl (C=O) groups excluding carboxylic acids is 1. The van der Waals surface area contributed by atoms with Gasteiger partial charge in [0.2, 0.25) is 0 Å². The molecule has 9 heteroatoms. The SMILES string of the molecule is Cc1ccccc1C(C)NC(=O)c1ccc(NS(=O)(=O)c2ccc(C)c([N+](=O)[O-])c2)cc1. The van der Waals surface area contributed by atoms with E-state index in [1.165, 1.54) is 43.3 Å². The highest BCUT2D eigenvalue weighted by Crippen LogP contribution is 2.24. The van der Waals surface area contributed by atoms with Crippen LogP contribution < -0.4 is 10.0 Å². The first-order chi connectivity index (χ1) is 15.1. The fourth-order valence-electron chi connectivity index (χ4n) is 3.29. The van der Waals surface area contributed by atoms with Gasteiger partial charge in [-0.05, 0) is 62.2 Å². The van der Waals surface area contributed by atoms with E-state index >= 15 is 0 Å². The first-order valence-corrected chi connectivity index (χ1v) is 11.3. The van der Waals surface area contributed by atoms with Crippen molar-refractivity contribution in [3.8, 4) is 0 Å². The second-order valence-corrected chi connectivity index (χ2v) is 9.12. The van der Waals surface area contributed by atoms with Crippen molar-refractivity contribution in [2.75, 3.05) is 4.72 Å². The third-order valence-electron chi connectivity index (χ3n) is 5.09. The molecule has 0 aliphatic carbocycles. The Morgan fingerprint density at radius 1 is 0.969 bits per heavy atom. The third-order valence-corrected chi connectivity index (χ3v) is 6.47. The lowest BCUT2D eigenvalue weighted by Gasteiger charge is -2.17. The zero-order chi connectivity index (χ0) is 23.5. The van der Waals surface area contributed by atoms with Gasteiger partial charge in [-0.1, -0.05) is 30.3 Å². The molecule has 0 bridgehead atoms. The molecule has 3 aromatic rings. The van der Waals surface area contributed by atoms with Gasteiger partial charge < -0.3 is 5.32 Å². The molecule has 0 saturated carbocycles. The van der Waals surface area contributed by atoms with Crippen molar-refractivity contribution < 1.29 is 18.1 Å². The van der Waals surface area contributed by atoms with Gasteiger partial charge in [-0.15, -0.1) is 0 Å². The quantitative estimate of drug-likeness (QED) is 0.403. The zero-order valence-electron chi connectivity index (χ0n) is 17.8. The van der Waals surface area contributed by atoms with Crippen LogP contribution in [0, 0.1) is 24.0 Å². The third kappa shape index (κ3) is 5.12. The Bertz CT molecular complexity index is 1270. The van der Waals surface area contributed by atoms with Gasteiger partial charge in [-0.3, -0.25) is 19.6 Å². The minimum atomic E-state index is -4.03. The van der Waals surface area contributed by atoms with Gasteiger partial charge in [0.25, 0.3) is 21.6 Å². The van der Waals surface area contributed by atoms with Gasteiger partial charge in [-0.25, -0.2) is 8.42 Å². The summed E-state index contributed by atoms with van der Waals surface area (Å²) in [6.07, 6.45) is 0. The number of nitro groups is 1. The van der Waals surface area contributed by atoms with E-state index in [0.717, 1.165) is 17.2 Å². The summed E-state index contributed by atoms with van der Waals surface area (Å²) in [5.74, 6) is -0.288. The summed E-state index contributed by atoms with van der Waals surface area (Å²) >= 11 is 0. The van der Waals surface area contributed by atoms with E-state index in [4.69, 9.17) is 0 Å². The summed E-state index contributed by atoms with van der Waals surface area (Å²) in [7, 11) is -4.03. The Morgan fingerprint density at radius 3 is 2.25 bits per heavy atom. The first-order valence-electron chi connectivity index (χ1n) is 9.83. The van der Waals surface area contributed by atoms with Crippen molar-refractivity contribution in [2.24, 2.45) is 0 Å². The second kappa shape index (κ2) is 9.19. The molecule has 3 rings (SSSR count). The van der Waals surface area contributed by atoms with Crippen molar-refractivity contribution >= 4 is 27.3 Å². The molecule has 1 amide bonds. The highest BCUT2D eigenvalue weighted by Gasteiger charge is 2.20. The average Bonchev–Trinajstić information content (AvgIpc) is 2.74. The molecule has 1 atom stereocenters. The van der Waals surface area contributed by atoms with E-state index < -0.39 is 14.9 Å². The van der Waals surface area contributed by atoms with Crippen molar-refractivity contribution in [3.05, 3.63) is 99.1 Å². The summed E-state index contributed by atoms with van der Waals surface area (Å²) in [5, 5.41) is 14.0. The average molecular weight is 454 g/mol. The minimum absolute atomic E-state index is 0.195. The van der Waals surface area contributed by atoms with Crippen LogP contribution in [0.15, 0.2) is 71.6 Å². The van der Waals surface area contributed by atoms with E-state index in [1.54, 1.807) is 0 Å². The molecule has 0 aromatic heterocycles. The molecule has 1 unspecified atom stereocenters. The van der Waals surface area contributed by atoms with Crippen molar-refractivity contribution in [1.82, 2.24) is 5.32 Å². The van der Waals surface area contributed by atoms with E-state index in [0.29, 0.717) is 11.1 Å². The number of benzene rings is 3. The summed E-state index contributed by atoms with van der Waals surface area (Å²) in [4.78, 5) is 22.8. The van der Waals surface area contributed by atoms with Crippen LogP contribution in [0.2, 0.25) is 0 Å². The highest BCUT2D eigenvalue weighted by molar-refractivity contribution is 7.92. The number of sulfonamides is 1. The summed E-state index contributed by atoms with van der Waals surface area (Å²) in [6.45, 7) is 5.40. The maximum Gasteiger partial charge on any atom is 0.273 e. The largest absolute Gasteiger partial charge is 0.346 e. The predicted octanol–water partition coefficient (Wildman–Crippen LogP) is 4.50. The molecular weight excluding hydrogens is 430 g/mol. The topological polar surface area (TPSA) is 118 Å². The lowest BCUT2D eigenvalue weighted by Crippen LogP contribution is -2.27. The van der Waals surface area contributed by atoms with Gasteiger partial charge in [0.15, 0.2) is 0 Å². The molecule has 0 aliphatic heterocycles. The van der Waals surface area contributed by atoms with Crippen LogP contribution in [0.5, 0.6) is 0 Å². The van der Waals surface area contributed by atoms with Gasteiger partial charge in [0.1, 0.15) is 0 Å². The summed E-state index contributed by atoms with van der Waals surface area (Å²) in [5.41, 5.74) is 2.78.